The van der Waals surface area contributed by atoms with Gasteiger partial charge in [0, 0.05) is 12.0 Å². The summed E-state index contributed by atoms with van der Waals surface area (Å²) in [4.78, 5) is 0. The molecule has 0 heterocycles. The van der Waals surface area contributed by atoms with E-state index in [1.165, 1.54) is 18.2 Å². The molecular weight excluding hydrogens is 272 g/mol. The van der Waals surface area contributed by atoms with Gasteiger partial charge in [-0.2, -0.15) is 0 Å². The van der Waals surface area contributed by atoms with Crippen molar-refractivity contribution in [1.29, 1.82) is 0 Å². The molecule has 0 fully saturated rings. The molecule has 0 aliphatic carbocycles. The Morgan fingerprint density at radius 3 is 2.33 bits per heavy atom. The lowest BCUT2D eigenvalue weighted by Crippen LogP contribution is -2.03. The molecule has 0 aromatic heterocycles. The van der Waals surface area contributed by atoms with Crippen LogP contribution < -0.4 is 9.47 Å². The largest absolute Gasteiger partial charge is 0.508 e. The van der Waals surface area contributed by atoms with E-state index in [0.717, 1.165) is 5.56 Å². The molecule has 0 aliphatic heterocycles. The van der Waals surface area contributed by atoms with E-state index in [4.69, 9.17) is 9.47 Å². The van der Waals surface area contributed by atoms with Gasteiger partial charge in [-0.3, -0.25) is 0 Å². The lowest BCUT2D eigenvalue weighted by atomic mass is 10.00. The first-order chi connectivity index (χ1) is 10.0. The first kappa shape index (κ1) is 15.0. The van der Waals surface area contributed by atoms with Crippen LogP contribution >= 0.6 is 0 Å². The molecule has 1 unspecified atom stereocenters. The van der Waals surface area contributed by atoms with Gasteiger partial charge in [0.1, 0.15) is 11.5 Å². The van der Waals surface area contributed by atoms with Crippen molar-refractivity contribution in [2.45, 2.75) is 12.5 Å². The number of ether oxygens (including phenoxy) is 2. The van der Waals surface area contributed by atoms with Gasteiger partial charge in [-0.1, -0.05) is 6.07 Å². The fourth-order valence-electron chi connectivity index (χ4n) is 2.15. The van der Waals surface area contributed by atoms with Gasteiger partial charge < -0.3 is 24.8 Å². The van der Waals surface area contributed by atoms with Crippen LogP contribution in [0.2, 0.25) is 0 Å². The Balaban J connectivity index is 2.23. The Labute approximate surface area is 123 Å². The summed E-state index contributed by atoms with van der Waals surface area (Å²) in [7, 11) is 3.09. The SMILES string of the molecule is COc1ccc(CC(O)c2cc(O)ccc2O)cc1OC. The van der Waals surface area contributed by atoms with Gasteiger partial charge in [0.2, 0.25) is 0 Å². The van der Waals surface area contributed by atoms with Crippen molar-refractivity contribution in [2.24, 2.45) is 0 Å². The van der Waals surface area contributed by atoms with Crippen molar-refractivity contribution in [1.82, 2.24) is 0 Å². The third kappa shape index (κ3) is 3.38. The van der Waals surface area contributed by atoms with Crippen LogP contribution in [0.25, 0.3) is 0 Å². The minimum absolute atomic E-state index is 0.00541. The fraction of sp³-hybridized carbons (Fsp3) is 0.250. The number of aliphatic hydroxyl groups excluding tert-OH is 1. The van der Waals surface area contributed by atoms with Crippen LogP contribution in [-0.4, -0.2) is 29.5 Å². The summed E-state index contributed by atoms with van der Waals surface area (Å²) in [5, 5.41) is 29.4. The lowest BCUT2D eigenvalue weighted by Gasteiger charge is -2.14. The highest BCUT2D eigenvalue weighted by molar-refractivity contribution is 5.44. The number of hydrogen-bond donors (Lipinski definition) is 3. The molecule has 0 spiro atoms. The summed E-state index contributed by atoms with van der Waals surface area (Å²) in [5.74, 6) is 1.12. The number of phenolic OH excluding ortho intramolecular Hbond substituents is 2. The zero-order chi connectivity index (χ0) is 15.4. The topological polar surface area (TPSA) is 79.2 Å². The second kappa shape index (κ2) is 6.37. The third-order valence-electron chi connectivity index (χ3n) is 3.25. The second-order valence-corrected chi connectivity index (χ2v) is 4.65. The lowest BCUT2D eigenvalue weighted by molar-refractivity contribution is 0.174. The molecule has 1 atom stereocenters. The quantitative estimate of drug-likeness (QED) is 0.737. The van der Waals surface area contributed by atoms with E-state index >= 15 is 0 Å². The van der Waals surface area contributed by atoms with Gasteiger partial charge >= 0.3 is 0 Å². The number of aromatic hydroxyl groups is 2. The molecule has 0 amide bonds. The van der Waals surface area contributed by atoms with Crippen LogP contribution in [0.15, 0.2) is 36.4 Å². The summed E-state index contributed by atoms with van der Waals surface area (Å²) in [5.41, 5.74) is 1.10. The maximum atomic E-state index is 10.2. The molecule has 0 saturated heterocycles. The van der Waals surface area contributed by atoms with E-state index in [1.54, 1.807) is 26.4 Å². The van der Waals surface area contributed by atoms with E-state index in [2.05, 4.69) is 0 Å². The first-order valence-corrected chi connectivity index (χ1v) is 6.46. The highest BCUT2D eigenvalue weighted by atomic mass is 16.5. The van der Waals surface area contributed by atoms with Crippen LogP contribution in [-0.2, 0) is 6.42 Å². The van der Waals surface area contributed by atoms with Gasteiger partial charge in [-0.05, 0) is 35.9 Å². The van der Waals surface area contributed by atoms with E-state index in [1.807, 2.05) is 6.07 Å². The van der Waals surface area contributed by atoms with Gasteiger partial charge in [-0.25, -0.2) is 0 Å². The van der Waals surface area contributed by atoms with Gasteiger partial charge in [0.15, 0.2) is 11.5 Å². The molecule has 0 radical (unpaired) electrons. The molecule has 112 valence electrons. The van der Waals surface area contributed by atoms with Crippen molar-refractivity contribution < 1.29 is 24.8 Å². The molecule has 0 aliphatic rings. The second-order valence-electron chi connectivity index (χ2n) is 4.65. The third-order valence-corrected chi connectivity index (χ3v) is 3.25. The van der Waals surface area contributed by atoms with Gasteiger partial charge in [0.25, 0.3) is 0 Å². The molecule has 5 nitrogen and oxygen atoms in total. The normalized spacial score (nSPS) is 12.0. The highest BCUT2D eigenvalue weighted by Crippen LogP contribution is 2.32. The average molecular weight is 290 g/mol. The van der Waals surface area contributed by atoms with Crippen LogP contribution in [0.5, 0.6) is 23.0 Å². The zero-order valence-corrected chi connectivity index (χ0v) is 11.9. The highest BCUT2D eigenvalue weighted by Gasteiger charge is 2.15. The first-order valence-electron chi connectivity index (χ1n) is 6.46. The van der Waals surface area contributed by atoms with Crippen molar-refractivity contribution in [3.8, 4) is 23.0 Å². The van der Waals surface area contributed by atoms with Crippen LogP contribution in [0, 0.1) is 0 Å². The van der Waals surface area contributed by atoms with Crippen LogP contribution in [0.4, 0.5) is 0 Å². The molecule has 5 heteroatoms. The molecule has 21 heavy (non-hydrogen) atoms. The number of aliphatic hydroxyl groups is 1. The minimum atomic E-state index is -0.935. The van der Waals surface area contributed by atoms with Gasteiger partial charge in [0.05, 0.1) is 20.3 Å². The molecule has 2 aromatic carbocycles. The van der Waals surface area contributed by atoms with Crippen LogP contribution in [0.3, 0.4) is 0 Å². The fourth-order valence-corrected chi connectivity index (χ4v) is 2.15. The average Bonchev–Trinajstić information content (AvgIpc) is 2.49. The van der Waals surface area contributed by atoms with Crippen molar-refractivity contribution >= 4 is 0 Å². The maximum Gasteiger partial charge on any atom is 0.160 e. The summed E-state index contributed by atoms with van der Waals surface area (Å²) < 4.78 is 10.4. The number of methoxy groups -OCH3 is 2. The predicted octanol–water partition coefficient (Wildman–Crippen LogP) is 2.39. The Hall–Kier alpha value is -2.40. The zero-order valence-electron chi connectivity index (χ0n) is 11.9. The standard InChI is InChI=1S/C16H18O5/c1-20-15-6-3-10(8-16(15)21-2)7-14(19)12-9-11(17)4-5-13(12)18/h3-6,8-9,14,17-19H,7H2,1-2H3. The molecule has 0 bridgehead atoms. The molecule has 2 rings (SSSR count). The van der Waals surface area contributed by atoms with Crippen molar-refractivity contribution in [3.05, 3.63) is 47.5 Å². The molecule has 2 aromatic rings. The summed E-state index contributed by atoms with van der Waals surface area (Å²) in [6.45, 7) is 0. The summed E-state index contributed by atoms with van der Waals surface area (Å²) in [6.07, 6.45) is -0.660. The number of hydrogen-bond acceptors (Lipinski definition) is 5. The Morgan fingerprint density at radius 1 is 0.952 bits per heavy atom. The predicted molar refractivity (Wildman–Crippen MR) is 78.0 cm³/mol. The van der Waals surface area contributed by atoms with Crippen molar-refractivity contribution in [3.63, 3.8) is 0 Å². The number of rotatable bonds is 5. The molecule has 0 saturated carbocycles. The van der Waals surface area contributed by atoms with E-state index < -0.39 is 6.10 Å². The molecule has 3 N–H and O–H groups in total. The smallest absolute Gasteiger partial charge is 0.160 e. The van der Waals surface area contributed by atoms with Gasteiger partial charge in [-0.15, -0.1) is 0 Å². The van der Waals surface area contributed by atoms with Crippen molar-refractivity contribution in [2.75, 3.05) is 14.2 Å². The summed E-state index contributed by atoms with van der Waals surface area (Å²) in [6, 6.07) is 9.39. The monoisotopic (exact) mass is 290 g/mol. The molecular formula is C16H18O5. The number of phenols is 2. The Morgan fingerprint density at radius 2 is 1.67 bits per heavy atom. The van der Waals surface area contributed by atoms with E-state index in [9.17, 15) is 15.3 Å². The van der Waals surface area contributed by atoms with Crippen LogP contribution in [0.1, 0.15) is 17.2 Å². The Kier molecular flexibility index (Phi) is 4.55. The maximum absolute atomic E-state index is 10.2. The van der Waals surface area contributed by atoms with E-state index in [-0.39, 0.29) is 23.5 Å². The summed E-state index contributed by atoms with van der Waals surface area (Å²) >= 11 is 0. The van der Waals surface area contributed by atoms with E-state index in [0.29, 0.717) is 11.5 Å². The Bertz CT molecular complexity index is 624. The number of benzene rings is 2. The minimum Gasteiger partial charge on any atom is -0.508 e.